The highest BCUT2D eigenvalue weighted by Crippen LogP contribution is 2.46. The second-order valence-electron chi connectivity index (χ2n) is 12.6. The molecule has 3 aliphatic rings. The zero-order valence-corrected chi connectivity index (χ0v) is 27.4. The van der Waals surface area contributed by atoms with Crippen LogP contribution in [0.15, 0.2) is 69.3 Å². The lowest BCUT2D eigenvalue weighted by Gasteiger charge is -2.38. The maximum absolute atomic E-state index is 13.6. The van der Waals surface area contributed by atoms with Crippen molar-refractivity contribution in [2.24, 2.45) is 0 Å². The number of aromatic nitrogens is 1. The summed E-state index contributed by atoms with van der Waals surface area (Å²) in [5.41, 5.74) is -0.278. The predicted octanol–water partition coefficient (Wildman–Crippen LogP) is 1.66. The van der Waals surface area contributed by atoms with Gasteiger partial charge in [-0.1, -0.05) is 18.2 Å². The van der Waals surface area contributed by atoms with Crippen molar-refractivity contribution in [3.63, 3.8) is 0 Å². The SMILES string of the molecule is CCn1cc(S(=O)(=O)N2CCC3(CC2)C[C@H](NCC(O)COc2cccc(S(=O)(=O)C4(CO)CC4)c2)CO3)c(=O)c2ccccc21. The van der Waals surface area contributed by atoms with Gasteiger partial charge >= 0.3 is 0 Å². The van der Waals surface area contributed by atoms with Gasteiger partial charge in [0.25, 0.3) is 0 Å². The van der Waals surface area contributed by atoms with Gasteiger partial charge in [-0.25, -0.2) is 16.8 Å². The predicted molar refractivity (Wildman–Crippen MR) is 171 cm³/mol. The van der Waals surface area contributed by atoms with E-state index in [2.05, 4.69) is 5.32 Å². The molecule has 0 radical (unpaired) electrons. The summed E-state index contributed by atoms with van der Waals surface area (Å²) in [7, 11) is -7.69. The number of ether oxygens (including phenoxy) is 2. The molecule has 1 spiro atoms. The number of para-hydroxylation sites is 1. The van der Waals surface area contributed by atoms with Gasteiger partial charge in [0.2, 0.25) is 15.5 Å². The monoisotopic (exact) mass is 675 g/mol. The molecule has 3 N–H and O–H groups in total. The third-order valence-electron chi connectivity index (χ3n) is 9.62. The van der Waals surface area contributed by atoms with E-state index < -0.39 is 48.3 Å². The van der Waals surface area contributed by atoms with Crippen LogP contribution in [0.2, 0.25) is 0 Å². The Kier molecular flexibility index (Phi) is 9.08. The minimum Gasteiger partial charge on any atom is -0.491 e. The molecule has 2 saturated heterocycles. The molecule has 1 aromatic heterocycles. The molecule has 3 aromatic rings. The number of fused-ring (bicyclic) bond motifs is 1. The van der Waals surface area contributed by atoms with Crippen LogP contribution in [-0.2, 0) is 31.1 Å². The number of rotatable bonds is 12. The van der Waals surface area contributed by atoms with E-state index in [-0.39, 0.29) is 42.1 Å². The van der Waals surface area contributed by atoms with Crippen LogP contribution in [0.1, 0.15) is 39.0 Å². The van der Waals surface area contributed by atoms with Crippen molar-refractivity contribution in [3.8, 4) is 5.75 Å². The normalized spacial score (nSPS) is 21.8. The van der Waals surface area contributed by atoms with Gasteiger partial charge in [0, 0.05) is 43.8 Å². The van der Waals surface area contributed by atoms with Crippen LogP contribution in [0.3, 0.4) is 0 Å². The quantitative estimate of drug-likeness (QED) is 0.257. The van der Waals surface area contributed by atoms with Crippen molar-refractivity contribution in [1.82, 2.24) is 14.2 Å². The standard InChI is InChI=1S/C32H41N3O9S2/c1-2-34-19-29(30(38)27-8-3-4-9-28(27)34)46(41,42)35-14-12-31(13-15-35)17-23(20-44-31)33-18-24(37)21-43-25-6-5-7-26(16-25)45(39,40)32(22-36)10-11-32/h3-9,16,19,23-24,33,36-37H,2,10-15,17-18,20-22H2,1H3/t23-,24?/m0/s1. The van der Waals surface area contributed by atoms with Crippen molar-refractivity contribution in [2.75, 3.05) is 39.5 Å². The first-order chi connectivity index (χ1) is 21.9. The zero-order chi connectivity index (χ0) is 32.7. The summed E-state index contributed by atoms with van der Waals surface area (Å²) >= 11 is 0. The molecule has 3 fully saturated rings. The molecule has 12 nitrogen and oxygen atoms in total. The number of hydrogen-bond acceptors (Lipinski definition) is 10. The number of pyridine rings is 1. The molecule has 14 heteroatoms. The molecule has 2 atom stereocenters. The zero-order valence-electron chi connectivity index (χ0n) is 25.8. The number of hydrogen-bond donors (Lipinski definition) is 3. The number of aliphatic hydroxyl groups is 2. The fraction of sp³-hybridized carbons (Fsp3) is 0.531. The Morgan fingerprint density at radius 2 is 1.80 bits per heavy atom. The molecule has 3 heterocycles. The fourth-order valence-corrected chi connectivity index (χ4v) is 9.93. The van der Waals surface area contributed by atoms with Crippen molar-refractivity contribution >= 4 is 30.8 Å². The number of piperidine rings is 1. The van der Waals surface area contributed by atoms with E-state index in [1.807, 2.05) is 19.1 Å². The number of sulfonamides is 1. The molecule has 0 bridgehead atoms. The number of sulfone groups is 1. The minimum atomic E-state index is -4.01. The van der Waals surface area contributed by atoms with E-state index in [0.29, 0.717) is 61.9 Å². The van der Waals surface area contributed by atoms with E-state index in [1.54, 1.807) is 28.8 Å². The number of aliphatic hydroxyl groups excluding tert-OH is 2. The van der Waals surface area contributed by atoms with Gasteiger partial charge in [-0.05, 0) is 69.4 Å². The first-order valence-electron chi connectivity index (χ1n) is 15.7. The van der Waals surface area contributed by atoms with E-state index in [0.717, 1.165) is 0 Å². The van der Waals surface area contributed by atoms with Crippen molar-refractivity contribution in [1.29, 1.82) is 0 Å². The molecule has 2 aliphatic heterocycles. The summed E-state index contributed by atoms with van der Waals surface area (Å²) in [5, 5.41) is 23.8. The first-order valence-corrected chi connectivity index (χ1v) is 18.6. The van der Waals surface area contributed by atoms with Crippen LogP contribution in [0.5, 0.6) is 5.75 Å². The first kappa shape index (κ1) is 33.1. The maximum atomic E-state index is 13.6. The van der Waals surface area contributed by atoms with Crippen LogP contribution in [0.25, 0.3) is 10.9 Å². The Morgan fingerprint density at radius 3 is 2.50 bits per heavy atom. The Labute approximate surface area is 268 Å². The number of nitrogens with one attached hydrogen (secondary N) is 1. The van der Waals surface area contributed by atoms with Gasteiger partial charge in [-0.15, -0.1) is 0 Å². The molecule has 2 aromatic carbocycles. The lowest BCUT2D eigenvalue weighted by Crippen LogP contribution is -2.47. The number of benzene rings is 2. The van der Waals surface area contributed by atoms with Gasteiger partial charge in [0.05, 0.1) is 34.0 Å². The largest absolute Gasteiger partial charge is 0.491 e. The van der Waals surface area contributed by atoms with Gasteiger partial charge in [0.1, 0.15) is 23.4 Å². The molecule has 250 valence electrons. The third kappa shape index (κ3) is 6.12. The Balaban J connectivity index is 1.00. The highest BCUT2D eigenvalue weighted by molar-refractivity contribution is 7.93. The smallest absolute Gasteiger partial charge is 0.248 e. The second kappa shape index (κ2) is 12.6. The molecule has 46 heavy (non-hydrogen) atoms. The maximum Gasteiger partial charge on any atom is 0.248 e. The van der Waals surface area contributed by atoms with Crippen molar-refractivity contribution < 1.29 is 36.5 Å². The highest BCUT2D eigenvalue weighted by Gasteiger charge is 2.54. The summed E-state index contributed by atoms with van der Waals surface area (Å²) in [6.45, 7) is 3.07. The topological polar surface area (TPSA) is 164 Å². The summed E-state index contributed by atoms with van der Waals surface area (Å²) < 4.78 is 67.0. The molecule has 0 amide bonds. The van der Waals surface area contributed by atoms with Crippen LogP contribution in [-0.4, -0.2) is 97.9 Å². The van der Waals surface area contributed by atoms with Gasteiger partial charge in [0.15, 0.2) is 9.84 Å². The fourth-order valence-electron chi connectivity index (χ4n) is 6.55. The van der Waals surface area contributed by atoms with Gasteiger partial charge < -0.3 is 29.6 Å². The van der Waals surface area contributed by atoms with Crippen LogP contribution in [0, 0.1) is 0 Å². The number of nitrogens with zero attached hydrogens (tertiary/aromatic N) is 2. The Bertz CT molecular complexity index is 1860. The number of aryl methyl sites for hydroxylation is 1. The molecule has 1 aliphatic carbocycles. The summed E-state index contributed by atoms with van der Waals surface area (Å²) in [5.74, 6) is 0.316. The van der Waals surface area contributed by atoms with Gasteiger partial charge in [-0.3, -0.25) is 4.79 Å². The molecular weight excluding hydrogens is 634 g/mol. The van der Waals surface area contributed by atoms with Crippen LogP contribution in [0.4, 0.5) is 0 Å². The lowest BCUT2D eigenvalue weighted by molar-refractivity contribution is -0.0312. The van der Waals surface area contributed by atoms with E-state index in [4.69, 9.17) is 9.47 Å². The Hall–Kier alpha value is -2.85. The van der Waals surface area contributed by atoms with Crippen molar-refractivity contribution in [2.45, 2.75) is 77.9 Å². The van der Waals surface area contributed by atoms with Crippen LogP contribution < -0.4 is 15.5 Å². The Morgan fingerprint density at radius 1 is 1.07 bits per heavy atom. The summed E-state index contributed by atoms with van der Waals surface area (Å²) in [6.07, 6.45) is 3.06. The molecule has 1 saturated carbocycles. The molecule has 1 unspecified atom stereocenters. The van der Waals surface area contributed by atoms with E-state index in [9.17, 15) is 31.8 Å². The van der Waals surface area contributed by atoms with E-state index in [1.165, 1.54) is 22.6 Å². The molecule has 6 rings (SSSR count). The van der Waals surface area contributed by atoms with Crippen molar-refractivity contribution in [3.05, 3.63) is 65.0 Å². The molecular formula is C32H41N3O9S2. The summed E-state index contributed by atoms with van der Waals surface area (Å²) in [4.78, 5) is 13.1. The van der Waals surface area contributed by atoms with E-state index >= 15 is 0 Å². The van der Waals surface area contributed by atoms with Gasteiger partial charge in [-0.2, -0.15) is 4.31 Å². The average molecular weight is 676 g/mol. The second-order valence-corrected chi connectivity index (χ2v) is 16.9. The summed E-state index contributed by atoms with van der Waals surface area (Å²) in [6, 6.07) is 13.1. The third-order valence-corrected chi connectivity index (χ3v) is 14.1. The highest BCUT2D eigenvalue weighted by atomic mass is 32.2. The lowest BCUT2D eigenvalue weighted by atomic mass is 9.88. The van der Waals surface area contributed by atoms with Crippen LogP contribution >= 0.6 is 0 Å². The average Bonchev–Trinajstić information content (AvgIpc) is 3.79. The minimum absolute atomic E-state index is 0.0447.